The van der Waals surface area contributed by atoms with Gasteiger partial charge in [-0.1, -0.05) is 67.6 Å². The molecule has 3 aromatic rings. The molecule has 7 nitrogen and oxygen atoms in total. The average molecular weight is 536 g/mol. The number of amides is 2. The number of rotatable bonds is 10. The van der Waals surface area contributed by atoms with Crippen LogP contribution in [0.1, 0.15) is 45.2 Å². The zero-order valence-corrected chi connectivity index (χ0v) is 23.5. The molecular weight excluding hydrogens is 498 g/mol. The number of nitrogens with zero attached hydrogens (tertiary/aromatic N) is 2. The first-order chi connectivity index (χ1) is 17.9. The fourth-order valence-corrected chi connectivity index (χ4v) is 5.62. The Morgan fingerprint density at radius 1 is 0.868 bits per heavy atom. The summed E-state index contributed by atoms with van der Waals surface area (Å²) < 4.78 is 28.6. The molecule has 0 aliphatic carbocycles. The monoisotopic (exact) mass is 535 g/mol. The third kappa shape index (κ3) is 7.22. The highest BCUT2D eigenvalue weighted by molar-refractivity contribution is 7.92. The molecule has 8 heteroatoms. The Bertz CT molecular complexity index is 1340. The molecule has 0 saturated heterocycles. The van der Waals surface area contributed by atoms with Crippen LogP contribution >= 0.6 is 0 Å². The van der Waals surface area contributed by atoms with E-state index in [1.165, 1.54) is 17.0 Å². The number of para-hydroxylation sites is 1. The third-order valence-electron chi connectivity index (χ3n) is 6.14. The molecule has 0 aromatic heterocycles. The standard InChI is InChI=1S/C30H37N3O4S/c1-6-27(29(35)31-30(3,4)5)32(21-24-16-14-13-15-23(24)2)28(34)22-33(25-17-9-7-10-18-25)38(36,37)26-19-11-8-12-20-26/h7-20,27H,6,21-22H2,1-5H3,(H,31,35). The lowest BCUT2D eigenvalue weighted by Gasteiger charge is -2.35. The average Bonchev–Trinajstić information content (AvgIpc) is 2.88. The molecular formula is C30H37N3O4S. The van der Waals surface area contributed by atoms with E-state index >= 15 is 0 Å². The quantitative estimate of drug-likeness (QED) is 0.400. The van der Waals surface area contributed by atoms with E-state index in [-0.39, 0.29) is 17.3 Å². The second kappa shape index (κ2) is 12.3. The molecule has 0 heterocycles. The number of aryl methyl sites for hydroxylation is 1. The first-order valence-corrected chi connectivity index (χ1v) is 14.2. The summed E-state index contributed by atoms with van der Waals surface area (Å²) in [6, 6.07) is 23.5. The third-order valence-corrected chi connectivity index (χ3v) is 7.93. The minimum absolute atomic E-state index is 0.0830. The van der Waals surface area contributed by atoms with Crippen LogP contribution in [0.25, 0.3) is 0 Å². The van der Waals surface area contributed by atoms with Crippen LogP contribution in [0.15, 0.2) is 89.8 Å². The number of sulfonamides is 1. The highest BCUT2D eigenvalue weighted by Crippen LogP contribution is 2.25. The second-order valence-corrected chi connectivity index (χ2v) is 12.1. The lowest BCUT2D eigenvalue weighted by Crippen LogP contribution is -2.55. The Kier molecular flexibility index (Phi) is 9.33. The number of hydrogen-bond donors (Lipinski definition) is 1. The first kappa shape index (κ1) is 28.9. The van der Waals surface area contributed by atoms with E-state index in [2.05, 4.69) is 5.32 Å². The molecule has 0 aliphatic heterocycles. The van der Waals surface area contributed by atoms with Gasteiger partial charge < -0.3 is 10.2 Å². The van der Waals surface area contributed by atoms with Gasteiger partial charge in [-0.3, -0.25) is 13.9 Å². The molecule has 202 valence electrons. The minimum Gasteiger partial charge on any atom is -0.350 e. The van der Waals surface area contributed by atoms with Crippen LogP contribution in [0.4, 0.5) is 5.69 Å². The van der Waals surface area contributed by atoms with Crippen molar-refractivity contribution >= 4 is 27.5 Å². The summed E-state index contributed by atoms with van der Waals surface area (Å²) in [5, 5.41) is 2.98. The summed E-state index contributed by atoms with van der Waals surface area (Å²) in [6.07, 6.45) is 0.371. The number of benzene rings is 3. The molecule has 1 unspecified atom stereocenters. The van der Waals surface area contributed by atoms with Crippen molar-refractivity contribution in [3.05, 3.63) is 96.1 Å². The predicted molar refractivity (Wildman–Crippen MR) is 151 cm³/mol. The molecule has 3 aromatic carbocycles. The van der Waals surface area contributed by atoms with Crippen molar-refractivity contribution < 1.29 is 18.0 Å². The maximum atomic E-state index is 14.0. The fourth-order valence-electron chi connectivity index (χ4n) is 4.19. The van der Waals surface area contributed by atoms with Gasteiger partial charge in [0.1, 0.15) is 12.6 Å². The van der Waals surface area contributed by atoms with Crippen molar-refractivity contribution in [2.45, 2.75) is 64.1 Å². The fraction of sp³-hybridized carbons (Fsp3) is 0.333. The summed E-state index contributed by atoms with van der Waals surface area (Å²) >= 11 is 0. The van der Waals surface area contributed by atoms with E-state index in [1.807, 2.05) is 58.9 Å². The van der Waals surface area contributed by atoms with Crippen LogP contribution in [-0.4, -0.2) is 43.3 Å². The highest BCUT2D eigenvalue weighted by atomic mass is 32.2. The summed E-state index contributed by atoms with van der Waals surface area (Å²) in [4.78, 5) is 29.0. The zero-order valence-electron chi connectivity index (χ0n) is 22.7. The van der Waals surface area contributed by atoms with Crippen molar-refractivity contribution in [2.75, 3.05) is 10.8 Å². The Hall–Kier alpha value is -3.65. The van der Waals surface area contributed by atoms with Gasteiger partial charge in [0.2, 0.25) is 11.8 Å². The van der Waals surface area contributed by atoms with Crippen LogP contribution < -0.4 is 9.62 Å². The molecule has 3 rings (SSSR count). The molecule has 0 fully saturated rings. The SMILES string of the molecule is CCC(C(=O)NC(C)(C)C)N(Cc1ccccc1C)C(=O)CN(c1ccccc1)S(=O)(=O)c1ccccc1. The molecule has 0 radical (unpaired) electrons. The molecule has 1 N–H and O–H groups in total. The number of carbonyl (C=O) groups is 2. The first-order valence-electron chi connectivity index (χ1n) is 12.7. The predicted octanol–water partition coefficient (Wildman–Crippen LogP) is 4.91. The van der Waals surface area contributed by atoms with Crippen molar-refractivity contribution in [3.63, 3.8) is 0 Å². The lowest BCUT2D eigenvalue weighted by molar-refractivity contribution is -0.141. The largest absolute Gasteiger partial charge is 0.350 e. The maximum Gasteiger partial charge on any atom is 0.264 e. The Labute approximate surface area is 226 Å². The maximum absolute atomic E-state index is 14.0. The smallest absolute Gasteiger partial charge is 0.264 e. The molecule has 0 aliphatic rings. The summed E-state index contributed by atoms with van der Waals surface area (Å²) in [6.45, 7) is 9.17. The number of hydrogen-bond acceptors (Lipinski definition) is 4. The van der Waals surface area contributed by atoms with Crippen LogP contribution in [0, 0.1) is 6.92 Å². The summed E-state index contributed by atoms with van der Waals surface area (Å²) in [5.41, 5.74) is 1.75. The van der Waals surface area contributed by atoms with Gasteiger partial charge in [0.05, 0.1) is 10.6 Å². The lowest BCUT2D eigenvalue weighted by atomic mass is 10.0. The molecule has 0 bridgehead atoms. The Balaban J connectivity index is 2.05. The van der Waals surface area contributed by atoms with E-state index in [9.17, 15) is 18.0 Å². The Morgan fingerprint density at radius 2 is 1.42 bits per heavy atom. The summed E-state index contributed by atoms with van der Waals surface area (Å²) in [7, 11) is -4.06. The molecule has 38 heavy (non-hydrogen) atoms. The number of anilines is 1. The topological polar surface area (TPSA) is 86.8 Å². The van der Waals surface area contributed by atoms with Crippen molar-refractivity contribution in [2.24, 2.45) is 0 Å². The van der Waals surface area contributed by atoms with Crippen molar-refractivity contribution in [3.8, 4) is 0 Å². The van der Waals surface area contributed by atoms with Gasteiger partial charge in [0.15, 0.2) is 0 Å². The van der Waals surface area contributed by atoms with Crippen molar-refractivity contribution in [1.29, 1.82) is 0 Å². The second-order valence-electron chi connectivity index (χ2n) is 10.3. The normalized spacial score (nSPS) is 12.4. The number of carbonyl (C=O) groups excluding carboxylic acids is 2. The van der Waals surface area contributed by atoms with Crippen LogP contribution in [-0.2, 0) is 26.2 Å². The van der Waals surface area contributed by atoms with Crippen LogP contribution in [0.3, 0.4) is 0 Å². The van der Waals surface area contributed by atoms with Gasteiger partial charge in [-0.15, -0.1) is 0 Å². The summed E-state index contributed by atoms with van der Waals surface area (Å²) in [5.74, 6) is -0.744. The number of nitrogens with one attached hydrogen (secondary N) is 1. The highest BCUT2D eigenvalue weighted by Gasteiger charge is 2.34. The van der Waals surface area contributed by atoms with E-state index in [0.29, 0.717) is 12.1 Å². The molecule has 0 saturated carbocycles. The zero-order chi connectivity index (χ0) is 27.9. The van der Waals surface area contributed by atoms with E-state index < -0.39 is 34.1 Å². The minimum atomic E-state index is -4.06. The van der Waals surface area contributed by atoms with E-state index in [1.54, 1.807) is 48.5 Å². The van der Waals surface area contributed by atoms with Crippen LogP contribution in [0.5, 0.6) is 0 Å². The van der Waals surface area contributed by atoms with Gasteiger partial charge >= 0.3 is 0 Å². The molecule has 2 amide bonds. The van der Waals surface area contributed by atoms with Crippen LogP contribution in [0.2, 0.25) is 0 Å². The van der Waals surface area contributed by atoms with Crippen molar-refractivity contribution in [1.82, 2.24) is 10.2 Å². The van der Waals surface area contributed by atoms with Gasteiger partial charge in [-0.05, 0) is 69.5 Å². The van der Waals surface area contributed by atoms with E-state index in [0.717, 1.165) is 15.4 Å². The van der Waals surface area contributed by atoms with Gasteiger partial charge in [0, 0.05) is 12.1 Å². The van der Waals surface area contributed by atoms with Gasteiger partial charge in [0.25, 0.3) is 10.0 Å². The van der Waals surface area contributed by atoms with Gasteiger partial charge in [-0.2, -0.15) is 0 Å². The van der Waals surface area contributed by atoms with Gasteiger partial charge in [-0.25, -0.2) is 8.42 Å². The molecule has 1 atom stereocenters. The molecule has 0 spiro atoms. The van der Waals surface area contributed by atoms with E-state index in [4.69, 9.17) is 0 Å². The Morgan fingerprint density at radius 3 is 1.97 bits per heavy atom.